The molecule has 1 aromatic carbocycles. The molecule has 2 heterocycles. The van der Waals surface area contributed by atoms with Crippen molar-refractivity contribution in [2.24, 2.45) is 0 Å². The second-order valence-corrected chi connectivity index (χ2v) is 5.17. The highest BCUT2D eigenvalue weighted by Gasteiger charge is 2.14. The predicted octanol–water partition coefficient (Wildman–Crippen LogP) is 2.34. The Morgan fingerprint density at radius 2 is 2.14 bits per heavy atom. The molecular formula is C15H18N4O3. The van der Waals surface area contributed by atoms with Crippen LogP contribution in [-0.2, 0) is 17.7 Å². The number of ether oxygens (including phenoxy) is 1. The normalized spacial score (nSPS) is 11.2. The number of hydrogen-bond donors (Lipinski definition) is 0. The van der Waals surface area contributed by atoms with Crippen molar-refractivity contribution < 1.29 is 13.7 Å². The van der Waals surface area contributed by atoms with Crippen molar-refractivity contribution in [2.75, 3.05) is 25.7 Å². The molecule has 0 unspecified atom stereocenters. The lowest BCUT2D eigenvalue weighted by atomic mass is 10.2. The molecule has 2 aromatic heterocycles. The molecule has 116 valence electrons. The summed E-state index contributed by atoms with van der Waals surface area (Å²) in [4.78, 5) is 10.6. The monoisotopic (exact) mass is 302 g/mol. The summed E-state index contributed by atoms with van der Waals surface area (Å²) in [6.07, 6.45) is 0.631. The van der Waals surface area contributed by atoms with Crippen LogP contribution in [0, 0.1) is 6.92 Å². The van der Waals surface area contributed by atoms with Gasteiger partial charge in [-0.2, -0.15) is 9.97 Å². The fraction of sp³-hybridized carbons (Fsp3) is 0.400. The van der Waals surface area contributed by atoms with Gasteiger partial charge < -0.3 is 18.6 Å². The molecule has 0 saturated heterocycles. The smallest absolute Gasteiger partial charge is 0.298 e. The van der Waals surface area contributed by atoms with Crippen LogP contribution >= 0.6 is 0 Å². The Bertz CT molecular complexity index is 765. The molecule has 0 amide bonds. The Hall–Kier alpha value is -2.41. The van der Waals surface area contributed by atoms with Gasteiger partial charge in [0.15, 0.2) is 11.4 Å². The molecule has 22 heavy (non-hydrogen) atoms. The number of rotatable bonds is 6. The number of benzene rings is 1. The molecule has 0 atom stereocenters. The summed E-state index contributed by atoms with van der Waals surface area (Å²) in [7, 11) is 3.51. The van der Waals surface area contributed by atoms with E-state index in [2.05, 4.69) is 15.1 Å². The topological polar surface area (TPSA) is 77.4 Å². The third-order valence-electron chi connectivity index (χ3n) is 3.27. The van der Waals surface area contributed by atoms with Crippen LogP contribution in [0.4, 0.5) is 6.01 Å². The summed E-state index contributed by atoms with van der Waals surface area (Å²) < 4.78 is 15.9. The molecular weight excluding hydrogens is 284 g/mol. The number of aromatic nitrogens is 3. The Morgan fingerprint density at radius 3 is 2.95 bits per heavy atom. The zero-order chi connectivity index (χ0) is 15.5. The van der Waals surface area contributed by atoms with Crippen molar-refractivity contribution >= 4 is 17.1 Å². The van der Waals surface area contributed by atoms with Crippen LogP contribution in [0.15, 0.2) is 27.1 Å². The number of anilines is 1. The average molecular weight is 302 g/mol. The van der Waals surface area contributed by atoms with E-state index in [-0.39, 0.29) is 0 Å². The summed E-state index contributed by atoms with van der Waals surface area (Å²) in [5.74, 6) is 1.16. The van der Waals surface area contributed by atoms with Crippen molar-refractivity contribution in [1.82, 2.24) is 15.1 Å². The zero-order valence-electron chi connectivity index (χ0n) is 12.9. The number of hydrogen-bond acceptors (Lipinski definition) is 7. The highest BCUT2D eigenvalue weighted by molar-refractivity contribution is 5.75. The third-order valence-corrected chi connectivity index (χ3v) is 3.27. The van der Waals surface area contributed by atoms with Gasteiger partial charge in [0.1, 0.15) is 12.1 Å². The standard InChI is InChI=1S/C15H18N4O3/c1-10-4-5-12-11(8-10)16-15(21-12)19(2)9-14-17-13(18-22-14)6-7-20-3/h4-5,8H,6-7,9H2,1-3H3. The molecule has 0 spiro atoms. The van der Waals surface area contributed by atoms with E-state index >= 15 is 0 Å². The van der Waals surface area contributed by atoms with E-state index in [1.807, 2.05) is 37.1 Å². The summed E-state index contributed by atoms with van der Waals surface area (Å²) in [6, 6.07) is 6.44. The summed E-state index contributed by atoms with van der Waals surface area (Å²) in [6.45, 7) is 3.03. The van der Waals surface area contributed by atoms with Crippen LogP contribution in [0.5, 0.6) is 0 Å². The highest BCUT2D eigenvalue weighted by atomic mass is 16.5. The minimum atomic E-state index is 0.436. The first-order valence-corrected chi connectivity index (χ1v) is 7.04. The Labute approximate surface area is 127 Å². The van der Waals surface area contributed by atoms with Gasteiger partial charge in [-0.05, 0) is 24.6 Å². The fourth-order valence-electron chi connectivity index (χ4n) is 2.11. The number of aryl methyl sites for hydroxylation is 1. The summed E-state index contributed by atoms with van der Waals surface area (Å²) >= 11 is 0. The molecule has 7 heteroatoms. The van der Waals surface area contributed by atoms with Crippen LogP contribution in [0.25, 0.3) is 11.1 Å². The second kappa shape index (κ2) is 6.15. The minimum Gasteiger partial charge on any atom is -0.423 e. The maximum atomic E-state index is 5.73. The van der Waals surface area contributed by atoms with Gasteiger partial charge in [0, 0.05) is 20.6 Å². The SMILES string of the molecule is COCCc1noc(CN(C)c2nc3cc(C)ccc3o2)n1. The van der Waals surface area contributed by atoms with E-state index < -0.39 is 0 Å². The molecule has 0 radical (unpaired) electrons. The quantitative estimate of drug-likeness (QED) is 0.691. The largest absolute Gasteiger partial charge is 0.423 e. The summed E-state index contributed by atoms with van der Waals surface area (Å²) in [5.41, 5.74) is 2.75. The molecule has 0 aliphatic rings. The molecule has 0 saturated carbocycles. The molecule has 3 aromatic rings. The number of nitrogens with zero attached hydrogens (tertiary/aromatic N) is 4. The maximum absolute atomic E-state index is 5.73. The first kappa shape index (κ1) is 14.5. The molecule has 0 aliphatic heterocycles. The lowest BCUT2D eigenvalue weighted by Crippen LogP contribution is -2.16. The maximum Gasteiger partial charge on any atom is 0.298 e. The summed E-state index contributed by atoms with van der Waals surface area (Å²) in [5, 5.41) is 3.91. The van der Waals surface area contributed by atoms with Crippen LogP contribution < -0.4 is 4.90 Å². The first-order chi connectivity index (χ1) is 10.7. The van der Waals surface area contributed by atoms with Crippen molar-refractivity contribution in [3.8, 4) is 0 Å². The Balaban J connectivity index is 1.72. The van der Waals surface area contributed by atoms with Crippen molar-refractivity contribution in [1.29, 1.82) is 0 Å². The van der Waals surface area contributed by atoms with Crippen LogP contribution in [0.1, 0.15) is 17.3 Å². The Kier molecular flexibility index (Phi) is 4.06. The average Bonchev–Trinajstić information content (AvgIpc) is 3.11. The zero-order valence-corrected chi connectivity index (χ0v) is 12.9. The lowest BCUT2D eigenvalue weighted by molar-refractivity contribution is 0.199. The van der Waals surface area contributed by atoms with Crippen LogP contribution in [0.3, 0.4) is 0 Å². The van der Waals surface area contributed by atoms with Crippen LogP contribution in [0.2, 0.25) is 0 Å². The Morgan fingerprint density at radius 1 is 1.27 bits per heavy atom. The molecule has 7 nitrogen and oxygen atoms in total. The minimum absolute atomic E-state index is 0.436. The second-order valence-electron chi connectivity index (χ2n) is 5.17. The number of methoxy groups -OCH3 is 1. The van der Waals surface area contributed by atoms with Gasteiger partial charge in [0.25, 0.3) is 6.01 Å². The third kappa shape index (κ3) is 3.09. The molecule has 0 aliphatic carbocycles. The van der Waals surface area contributed by atoms with Gasteiger partial charge in [-0.25, -0.2) is 0 Å². The molecule has 3 rings (SSSR count). The van der Waals surface area contributed by atoms with E-state index in [1.165, 1.54) is 0 Å². The van der Waals surface area contributed by atoms with Gasteiger partial charge in [-0.1, -0.05) is 11.2 Å². The van der Waals surface area contributed by atoms with Gasteiger partial charge >= 0.3 is 0 Å². The first-order valence-electron chi connectivity index (χ1n) is 7.04. The molecule has 0 N–H and O–H groups in total. The van der Waals surface area contributed by atoms with Crippen molar-refractivity contribution in [2.45, 2.75) is 19.9 Å². The lowest BCUT2D eigenvalue weighted by Gasteiger charge is -2.10. The van der Waals surface area contributed by atoms with E-state index in [1.54, 1.807) is 7.11 Å². The van der Waals surface area contributed by atoms with E-state index in [0.717, 1.165) is 16.7 Å². The van der Waals surface area contributed by atoms with Crippen molar-refractivity contribution in [3.63, 3.8) is 0 Å². The van der Waals surface area contributed by atoms with E-state index in [9.17, 15) is 0 Å². The number of fused-ring (bicyclic) bond motifs is 1. The van der Waals surface area contributed by atoms with Crippen LogP contribution in [-0.4, -0.2) is 35.9 Å². The van der Waals surface area contributed by atoms with Gasteiger partial charge in [-0.3, -0.25) is 0 Å². The van der Waals surface area contributed by atoms with Gasteiger partial charge in [-0.15, -0.1) is 0 Å². The van der Waals surface area contributed by atoms with Gasteiger partial charge in [0.05, 0.1) is 6.61 Å². The fourth-order valence-corrected chi connectivity index (χ4v) is 2.11. The van der Waals surface area contributed by atoms with E-state index in [0.29, 0.717) is 37.3 Å². The van der Waals surface area contributed by atoms with Gasteiger partial charge in [0.2, 0.25) is 5.89 Å². The number of oxazole rings is 1. The van der Waals surface area contributed by atoms with Crippen molar-refractivity contribution in [3.05, 3.63) is 35.5 Å². The molecule has 0 bridgehead atoms. The van der Waals surface area contributed by atoms with E-state index in [4.69, 9.17) is 13.7 Å². The molecule has 0 fully saturated rings. The predicted molar refractivity (Wildman–Crippen MR) is 80.7 cm³/mol. The highest BCUT2D eigenvalue weighted by Crippen LogP contribution is 2.22.